The summed E-state index contributed by atoms with van der Waals surface area (Å²) in [5.41, 5.74) is 7.74. The van der Waals surface area contributed by atoms with Gasteiger partial charge in [-0.25, -0.2) is 0 Å². The van der Waals surface area contributed by atoms with E-state index in [4.69, 9.17) is 10.5 Å². The summed E-state index contributed by atoms with van der Waals surface area (Å²) in [5, 5.41) is 2.39. The molecular weight excluding hydrogens is 258 g/mol. The molecule has 3 rings (SSSR count). The Balaban J connectivity index is 1.82. The number of benzene rings is 2. The van der Waals surface area contributed by atoms with Gasteiger partial charge in [-0.3, -0.25) is 0 Å². The largest absolute Gasteiger partial charge is 0.496 e. The standard InChI is InChI=1S/C19H25NO/c1-21-19-13-11-16(15-8-4-5-9-17(15)19)18(20)12-10-14-6-2-3-7-14/h4-5,8-9,11,13-14,18H,2-3,6-7,10,12,20H2,1H3. The number of fused-ring (bicyclic) bond motifs is 1. The van der Waals surface area contributed by atoms with Gasteiger partial charge in [-0.2, -0.15) is 0 Å². The fraction of sp³-hybridized carbons (Fsp3) is 0.474. The van der Waals surface area contributed by atoms with Gasteiger partial charge in [-0.05, 0) is 35.8 Å². The lowest BCUT2D eigenvalue weighted by Crippen LogP contribution is -2.12. The van der Waals surface area contributed by atoms with Gasteiger partial charge in [0.1, 0.15) is 5.75 Å². The molecule has 2 N–H and O–H groups in total. The van der Waals surface area contributed by atoms with Crippen molar-refractivity contribution in [3.63, 3.8) is 0 Å². The van der Waals surface area contributed by atoms with Crippen molar-refractivity contribution in [3.05, 3.63) is 42.0 Å². The van der Waals surface area contributed by atoms with Gasteiger partial charge >= 0.3 is 0 Å². The first-order valence-electron chi connectivity index (χ1n) is 8.11. The van der Waals surface area contributed by atoms with Crippen molar-refractivity contribution in [2.75, 3.05) is 7.11 Å². The molecule has 1 aliphatic rings. The van der Waals surface area contributed by atoms with Crippen LogP contribution in [0.1, 0.15) is 50.1 Å². The Morgan fingerprint density at radius 1 is 1.10 bits per heavy atom. The second-order valence-corrected chi connectivity index (χ2v) is 6.24. The molecule has 1 fully saturated rings. The summed E-state index contributed by atoms with van der Waals surface area (Å²) < 4.78 is 5.46. The Morgan fingerprint density at radius 3 is 2.52 bits per heavy atom. The number of rotatable bonds is 5. The van der Waals surface area contributed by atoms with Gasteiger partial charge in [0.2, 0.25) is 0 Å². The Morgan fingerprint density at radius 2 is 1.81 bits per heavy atom. The van der Waals surface area contributed by atoms with Crippen molar-refractivity contribution >= 4 is 10.8 Å². The second kappa shape index (κ2) is 6.48. The van der Waals surface area contributed by atoms with Crippen molar-refractivity contribution in [1.82, 2.24) is 0 Å². The number of hydrogen-bond acceptors (Lipinski definition) is 2. The molecule has 0 amide bonds. The Hall–Kier alpha value is -1.54. The van der Waals surface area contributed by atoms with Crippen molar-refractivity contribution in [3.8, 4) is 5.75 Å². The van der Waals surface area contributed by atoms with Crippen molar-refractivity contribution in [1.29, 1.82) is 0 Å². The van der Waals surface area contributed by atoms with E-state index in [-0.39, 0.29) is 6.04 Å². The van der Waals surface area contributed by atoms with Crippen LogP contribution in [0, 0.1) is 5.92 Å². The van der Waals surface area contributed by atoms with E-state index in [9.17, 15) is 0 Å². The van der Waals surface area contributed by atoms with Crippen LogP contribution in [0.2, 0.25) is 0 Å². The molecule has 0 spiro atoms. The van der Waals surface area contributed by atoms with E-state index in [0.29, 0.717) is 0 Å². The SMILES string of the molecule is COc1ccc(C(N)CCC2CCCC2)c2ccccc12. The number of nitrogens with two attached hydrogens (primary N) is 1. The average Bonchev–Trinajstić information content (AvgIpc) is 3.05. The highest BCUT2D eigenvalue weighted by Crippen LogP contribution is 2.34. The predicted molar refractivity (Wildman–Crippen MR) is 88.6 cm³/mol. The van der Waals surface area contributed by atoms with Gasteiger partial charge in [0.25, 0.3) is 0 Å². The summed E-state index contributed by atoms with van der Waals surface area (Å²) in [6.45, 7) is 0. The van der Waals surface area contributed by atoms with E-state index in [1.807, 2.05) is 6.07 Å². The van der Waals surface area contributed by atoms with Gasteiger partial charge in [0, 0.05) is 11.4 Å². The molecule has 0 bridgehead atoms. The summed E-state index contributed by atoms with van der Waals surface area (Å²) in [4.78, 5) is 0. The number of hydrogen-bond donors (Lipinski definition) is 1. The molecule has 1 unspecified atom stereocenters. The fourth-order valence-electron chi connectivity index (χ4n) is 3.67. The van der Waals surface area contributed by atoms with Crippen LogP contribution in [0.5, 0.6) is 5.75 Å². The highest BCUT2D eigenvalue weighted by atomic mass is 16.5. The lowest BCUT2D eigenvalue weighted by Gasteiger charge is -2.18. The molecule has 1 saturated carbocycles. The van der Waals surface area contributed by atoms with Gasteiger partial charge in [-0.15, -0.1) is 0 Å². The van der Waals surface area contributed by atoms with Crippen LogP contribution in [0.25, 0.3) is 10.8 Å². The maximum absolute atomic E-state index is 6.49. The third-order valence-electron chi connectivity index (χ3n) is 4.90. The van der Waals surface area contributed by atoms with E-state index < -0.39 is 0 Å². The molecule has 2 heteroatoms. The molecule has 0 radical (unpaired) electrons. The fourth-order valence-corrected chi connectivity index (χ4v) is 3.67. The van der Waals surface area contributed by atoms with Gasteiger partial charge in [0.05, 0.1) is 7.11 Å². The minimum absolute atomic E-state index is 0.126. The molecule has 0 saturated heterocycles. The Kier molecular flexibility index (Phi) is 4.45. The molecule has 0 aliphatic heterocycles. The summed E-state index contributed by atoms with van der Waals surface area (Å²) in [5.74, 6) is 1.83. The van der Waals surface area contributed by atoms with E-state index in [2.05, 4.69) is 30.3 Å². The number of ether oxygens (including phenoxy) is 1. The molecule has 1 atom stereocenters. The smallest absolute Gasteiger partial charge is 0.126 e. The normalized spacial score (nSPS) is 17.2. The average molecular weight is 283 g/mol. The maximum atomic E-state index is 6.49. The van der Waals surface area contributed by atoms with Crippen LogP contribution in [0.4, 0.5) is 0 Å². The monoisotopic (exact) mass is 283 g/mol. The molecule has 21 heavy (non-hydrogen) atoms. The lowest BCUT2D eigenvalue weighted by molar-refractivity contribution is 0.419. The summed E-state index contributed by atoms with van der Waals surface area (Å²) in [6, 6.07) is 12.7. The first kappa shape index (κ1) is 14.4. The molecule has 112 valence electrons. The van der Waals surface area contributed by atoms with Crippen LogP contribution < -0.4 is 10.5 Å². The minimum atomic E-state index is 0.126. The van der Waals surface area contributed by atoms with Crippen molar-refractivity contribution in [2.24, 2.45) is 11.7 Å². The van der Waals surface area contributed by atoms with E-state index in [0.717, 1.165) is 23.5 Å². The van der Waals surface area contributed by atoms with Crippen LogP contribution in [0.3, 0.4) is 0 Å². The topological polar surface area (TPSA) is 35.2 Å². The van der Waals surface area contributed by atoms with Crippen molar-refractivity contribution in [2.45, 2.75) is 44.6 Å². The van der Waals surface area contributed by atoms with Gasteiger partial charge in [-0.1, -0.05) is 56.0 Å². The van der Waals surface area contributed by atoms with E-state index in [1.54, 1.807) is 7.11 Å². The lowest BCUT2D eigenvalue weighted by atomic mass is 9.92. The summed E-state index contributed by atoms with van der Waals surface area (Å²) >= 11 is 0. The molecule has 2 aromatic carbocycles. The molecule has 0 aromatic heterocycles. The molecule has 1 aliphatic carbocycles. The minimum Gasteiger partial charge on any atom is -0.496 e. The molecular formula is C19H25NO. The predicted octanol–water partition coefficient (Wildman–Crippen LogP) is 4.82. The highest BCUT2D eigenvalue weighted by molar-refractivity contribution is 5.91. The van der Waals surface area contributed by atoms with E-state index >= 15 is 0 Å². The first-order valence-corrected chi connectivity index (χ1v) is 8.11. The zero-order valence-corrected chi connectivity index (χ0v) is 12.8. The Bertz CT molecular complexity index is 602. The zero-order valence-electron chi connectivity index (χ0n) is 12.8. The molecule has 0 heterocycles. The van der Waals surface area contributed by atoms with Crippen LogP contribution in [-0.2, 0) is 0 Å². The third kappa shape index (κ3) is 3.06. The molecule has 2 nitrogen and oxygen atoms in total. The number of methoxy groups -OCH3 is 1. The van der Waals surface area contributed by atoms with Crippen molar-refractivity contribution < 1.29 is 4.74 Å². The summed E-state index contributed by atoms with van der Waals surface area (Å²) in [6.07, 6.45) is 7.96. The Labute approximate surface area is 127 Å². The zero-order chi connectivity index (χ0) is 14.7. The highest BCUT2D eigenvalue weighted by Gasteiger charge is 2.18. The second-order valence-electron chi connectivity index (χ2n) is 6.24. The van der Waals surface area contributed by atoms with Gasteiger partial charge < -0.3 is 10.5 Å². The van der Waals surface area contributed by atoms with Crippen LogP contribution >= 0.6 is 0 Å². The van der Waals surface area contributed by atoms with Gasteiger partial charge in [0.15, 0.2) is 0 Å². The third-order valence-corrected chi connectivity index (χ3v) is 4.90. The molecule has 2 aromatic rings. The first-order chi connectivity index (χ1) is 10.3. The van der Waals surface area contributed by atoms with E-state index in [1.165, 1.54) is 43.1 Å². The van der Waals surface area contributed by atoms with Crippen LogP contribution in [0.15, 0.2) is 36.4 Å². The quantitative estimate of drug-likeness (QED) is 0.854. The van der Waals surface area contributed by atoms with Crippen LogP contribution in [-0.4, -0.2) is 7.11 Å². The maximum Gasteiger partial charge on any atom is 0.126 e. The summed E-state index contributed by atoms with van der Waals surface area (Å²) in [7, 11) is 1.72.